The van der Waals surface area contributed by atoms with Crippen molar-refractivity contribution in [3.05, 3.63) is 0 Å². The van der Waals surface area contributed by atoms with Crippen molar-refractivity contribution in [3.8, 4) is 0 Å². The van der Waals surface area contributed by atoms with Gasteiger partial charge in [0.2, 0.25) is 0 Å². The third-order valence-electron chi connectivity index (χ3n) is 7.68. The van der Waals surface area contributed by atoms with E-state index in [1.54, 1.807) is 0 Å². The van der Waals surface area contributed by atoms with E-state index < -0.39 is 16.9 Å². The van der Waals surface area contributed by atoms with Crippen molar-refractivity contribution < 1.29 is 23.9 Å². The lowest BCUT2D eigenvalue weighted by Crippen LogP contribution is -2.62. The number of hydrazine groups is 1. The molecule has 5 fully saturated rings. The van der Waals surface area contributed by atoms with E-state index in [1.807, 2.05) is 0 Å². The summed E-state index contributed by atoms with van der Waals surface area (Å²) in [6, 6.07) is 0. The van der Waals surface area contributed by atoms with Crippen LogP contribution in [0.5, 0.6) is 0 Å². The number of nitrogens with one attached hydrogen (secondary N) is 2. The highest BCUT2D eigenvalue weighted by atomic mass is 16.7. The second kappa shape index (κ2) is 5.94. The highest BCUT2D eigenvalue weighted by Gasteiger charge is 2.63. The molecule has 0 amide bonds. The average molecular weight is 390 g/mol. The number of Topliss-reactive ketones (excluding diaryl/α,β-unsaturated/α-hetero) is 3. The number of ether oxygens (including phenoxy) is 2. The first kappa shape index (κ1) is 18.9. The van der Waals surface area contributed by atoms with Gasteiger partial charge in [0, 0.05) is 67.9 Å². The van der Waals surface area contributed by atoms with E-state index in [-0.39, 0.29) is 34.6 Å². The fourth-order valence-corrected chi connectivity index (χ4v) is 6.24. The molecule has 2 unspecified atom stereocenters. The Morgan fingerprint density at radius 1 is 0.786 bits per heavy atom. The van der Waals surface area contributed by atoms with Crippen LogP contribution in [0.15, 0.2) is 0 Å². The maximum Gasteiger partial charge on any atom is 0.170 e. The first-order chi connectivity index (χ1) is 13.1. The largest absolute Gasteiger partial charge is 0.349 e. The Morgan fingerprint density at radius 3 is 1.89 bits per heavy atom. The van der Waals surface area contributed by atoms with Gasteiger partial charge in [0.05, 0.1) is 13.2 Å². The molecule has 4 saturated carbocycles. The van der Waals surface area contributed by atoms with Crippen LogP contribution >= 0.6 is 0 Å². The van der Waals surface area contributed by atoms with Crippen LogP contribution in [-0.2, 0) is 23.9 Å². The minimum absolute atomic E-state index is 0.00177. The minimum Gasteiger partial charge on any atom is -0.349 e. The lowest BCUT2D eigenvalue weighted by molar-refractivity contribution is -0.298. The van der Waals surface area contributed by atoms with Gasteiger partial charge in [-0.3, -0.25) is 19.8 Å². The van der Waals surface area contributed by atoms with Crippen molar-refractivity contribution in [1.82, 2.24) is 10.9 Å². The molecule has 1 aliphatic heterocycles. The van der Waals surface area contributed by atoms with E-state index in [4.69, 9.17) is 9.47 Å². The average Bonchev–Trinajstić information content (AvgIpc) is 3.23. The summed E-state index contributed by atoms with van der Waals surface area (Å²) < 4.78 is 12.4. The Morgan fingerprint density at radius 2 is 1.29 bits per heavy atom. The van der Waals surface area contributed by atoms with Crippen molar-refractivity contribution in [2.75, 3.05) is 13.2 Å². The van der Waals surface area contributed by atoms with Gasteiger partial charge in [0.15, 0.2) is 5.79 Å². The second-order valence-electron chi connectivity index (χ2n) is 10.7. The monoisotopic (exact) mass is 390 g/mol. The molecule has 0 aromatic carbocycles. The zero-order valence-corrected chi connectivity index (χ0v) is 16.8. The Bertz CT molecular complexity index is 717. The molecule has 5 rings (SSSR count). The SMILES string of the molecule is CC1(C)COC2(CC3CC(=O)CC3(NNC34CC(=O)CC3CC(=O)C4)C2)OC1. The smallest absolute Gasteiger partial charge is 0.170 e. The number of fused-ring (bicyclic) bond motifs is 2. The Labute approximate surface area is 165 Å². The zero-order chi connectivity index (χ0) is 19.8. The molecule has 7 nitrogen and oxygen atoms in total. The molecule has 1 heterocycles. The molecule has 0 radical (unpaired) electrons. The van der Waals surface area contributed by atoms with Gasteiger partial charge in [-0.15, -0.1) is 0 Å². The molecule has 7 heteroatoms. The van der Waals surface area contributed by atoms with Crippen LogP contribution in [0, 0.1) is 17.3 Å². The van der Waals surface area contributed by atoms with Crippen molar-refractivity contribution in [2.24, 2.45) is 17.3 Å². The van der Waals surface area contributed by atoms with Crippen molar-refractivity contribution in [1.29, 1.82) is 0 Å². The standard InChI is InChI=1S/C21H30N2O5/c1-18(2)11-27-21(28-12-18)6-14-5-17(26)9-20(14,10-21)23-22-19-7-15(24)3-13(19)4-16(25)8-19/h13-14,22-23H,3-12H2,1-2H3. The highest BCUT2D eigenvalue weighted by Crippen LogP contribution is 2.54. The maximum atomic E-state index is 12.3. The first-order valence-corrected chi connectivity index (χ1v) is 10.5. The summed E-state index contributed by atoms with van der Waals surface area (Å²) in [5.74, 6) is 0.246. The number of ketones is 3. The Balaban J connectivity index is 1.35. The molecule has 5 aliphatic rings. The molecule has 154 valence electrons. The molecular weight excluding hydrogens is 360 g/mol. The van der Waals surface area contributed by atoms with E-state index in [0.29, 0.717) is 64.6 Å². The summed E-state index contributed by atoms with van der Waals surface area (Å²) in [6.45, 7) is 5.54. The molecular formula is C21H30N2O5. The molecule has 0 aromatic heterocycles. The van der Waals surface area contributed by atoms with Gasteiger partial charge in [-0.2, -0.15) is 0 Å². The summed E-state index contributed by atoms with van der Waals surface area (Å²) >= 11 is 0. The lowest BCUT2D eigenvalue weighted by atomic mass is 9.89. The van der Waals surface area contributed by atoms with E-state index in [9.17, 15) is 14.4 Å². The summed E-state index contributed by atoms with van der Waals surface area (Å²) in [5, 5.41) is 0. The van der Waals surface area contributed by atoms with Gasteiger partial charge in [0.1, 0.15) is 17.3 Å². The van der Waals surface area contributed by atoms with E-state index in [0.717, 1.165) is 0 Å². The molecule has 2 atom stereocenters. The first-order valence-electron chi connectivity index (χ1n) is 10.5. The predicted molar refractivity (Wildman–Crippen MR) is 99.1 cm³/mol. The van der Waals surface area contributed by atoms with Gasteiger partial charge < -0.3 is 9.47 Å². The van der Waals surface area contributed by atoms with Gasteiger partial charge in [-0.1, -0.05) is 13.8 Å². The molecule has 1 saturated heterocycles. The van der Waals surface area contributed by atoms with Gasteiger partial charge in [-0.05, 0) is 11.8 Å². The van der Waals surface area contributed by atoms with Crippen LogP contribution in [0.1, 0.15) is 65.2 Å². The third kappa shape index (κ3) is 2.90. The quantitative estimate of drug-likeness (QED) is 0.704. The van der Waals surface area contributed by atoms with Crippen molar-refractivity contribution in [3.63, 3.8) is 0 Å². The topological polar surface area (TPSA) is 93.7 Å². The van der Waals surface area contributed by atoms with Crippen LogP contribution in [0.25, 0.3) is 0 Å². The van der Waals surface area contributed by atoms with Crippen molar-refractivity contribution in [2.45, 2.75) is 82.1 Å². The summed E-state index contributed by atoms with van der Waals surface area (Å²) in [4.78, 5) is 36.5. The minimum atomic E-state index is -0.635. The normalized spacial score (nSPS) is 43.7. The van der Waals surface area contributed by atoms with E-state index >= 15 is 0 Å². The van der Waals surface area contributed by atoms with Crippen LogP contribution in [0.2, 0.25) is 0 Å². The summed E-state index contributed by atoms with van der Waals surface area (Å²) in [5.41, 5.74) is 5.98. The molecule has 4 aliphatic carbocycles. The van der Waals surface area contributed by atoms with Crippen molar-refractivity contribution >= 4 is 17.3 Å². The summed E-state index contributed by atoms with van der Waals surface area (Å²) in [7, 11) is 0. The fraction of sp³-hybridized carbons (Fsp3) is 0.857. The fourth-order valence-electron chi connectivity index (χ4n) is 6.24. The number of hydrogen-bond acceptors (Lipinski definition) is 7. The number of hydrogen-bond donors (Lipinski definition) is 2. The highest BCUT2D eigenvalue weighted by molar-refractivity contribution is 5.91. The van der Waals surface area contributed by atoms with Crippen LogP contribution in [0.3, 0.4) is 0 Å². The molecule has 0 bridgehead atoms. The van der Waals surface area contributed by atoms with Gasteiger partial charge in [0.25, 0.3) is 0 Å². The van der Waals surface area contributed by atoms with Gasteiger partial charge >= 0.3 is 0 Å². The van der Waals surface area contributed by atoms with Gasteiger partial charge in [-0.25, -0.2) is 5.43 Å². The second-order valence-corrected chi connectivity index (χ2v) is 10.7. The molecule has 1 spiro atoms. The number of rotatable bonds is 3. The Kier molecular flexibility index (Phi) is 4.00. The van der Waals surface area contributed by atoms with E-state index in [1.165, 1.54) is 0 Å². The van der Waals surface area contributed by atoms with Crippen LogP contribution in [0.4, 0.5) is 0 Å². The lowest BCUT2D eigenvalue weighted by Gasteiger charge is -2.43. The maximum absolute atomic E-state index is 12.3. The summed E-state index contributed by atoms with van der Waals surface area (Å²) in [6.07, 6.45) is 4.00. The molecule has 0 aromatic rings. The third-order valence-corrected chi connectivity index (χ3v) is 7.68. The predicted octanol–water partition coefficient (Wildman–Crippen LogP) is 1.44. The van der Waals surface area contributed by atoms with Crippen LogP contribution < -0.4 is 10.9 Å². The number of carbonyl (C=O) groups excluding carboxylic acids is 3. The van der Waals surface area contributed by atoms with Crippen LogP contribution in [-0.4, -0.2) is 47.4 Å². The Hall–Kier alpha value is -1.15. The zero-order valence-electron chi connectivity index (χ0n) is 16.8. The number of carbonyl (C=O) groups is 3. The molecule has 2 N–H and O–H groups in total. The molecule has 28 heavy (non-hydrogen) atoms. The van der Waals surface area contributed by atoms with E-state index in [2.05, 4.69) is 24.7 Å².